The molecular formula is C38H48F2N2O2. The highest BCUT2D eigenvalue weighted by Crippen LogP contribution is 2.29. The van der Waals surface area contributed by atoms with E-state index in [-0.39, 0.29) is 17.4 Å². The van der Waals surface area contributed by atoms with Crippen LogP contribution in [0.25, 0.3) is 0 Å². The van der Waals surface area contributed by atoms with Crippen molar-refractivity contribution >= 4 is 23.1 Å². The summed E-state index contributed by atoms with van der Waals surface area (Å²) in [5, 5.41) is 6.00. The maximum atomic E-state index is 14.1. The molecule has 1 aliphatic rings. The molecule has 0 aliphatic heterocycles. The van der Waals surface area contributed by atoms with Crippen molar-refractivity contribution in [3.8, 4) is 0 Å². The molecule has 3 aromatic rings. The van der Waals surface area contributed by atoms with Crippen LogP contribution in [0.1, 0.15) is 134 Å². The van der Waals surface area contributed by atoms with Crippen molar-refractivity contribution in [1.82, 2.24) is 5.32 Å². The van der Waals surface area contributed by atoms with Gasteiger partial charge in [0.05, 0.1) is 5.69 Å². The summed E-state index contributed by atoms with van der Waals surface area (Å²) < 4.78 is 27.4. The molecule has 6 heteroatoms. The predicted octanol–water partition coefficient (Wildman–Crippen LogP) is 10.2. The lowest BCUT2D eigenvalue weighted by Crippen LogP contribution is -2.24. The maximum Gasteiger partial charge on any atom is 0.251 e. The van der Waals surface area contributed by atoms with Gasteiger partial charge < -0.3 is 10.6 Å². The van der Waals surface area contributed by atoms with Gasteiger partial charge in [0, 0.05) is 35.0 Å². The van der Waals surface area contributed by atoms with E-state index in [9.17, 15) is 18.4 Å². The first-order chi connectivity index (χ1) is 21.5. The lowest BCUT2D eigenvalue weighted by Gasteiger charge is -2.12. The van der Waals surface area contributed by atoms with Crippen LogP contribution in [0.4, 0.5) is 20.2 Å². The van der Waals surface area contributed by atoms with E-state index in [0.717, 1.165) is 30.0 Å². The lowest BCUT2D eigenvalue weighted by molar-refractivity contribution is 0.0953. The number of halogens is 2. The second-order valence-electron chi connectivity index (χ2n) is 12.2. The van der Waals surface area contributed by atoms with E-state index in [1.54, 1.807) is 24.3 Å². The fraction of sp³-hybridized carbons (Fsp3) is 0.474. The first-order valence-corrected chi connectivity index (χ1v) is 16.8. The molecule has 0 atom stereocenters. The summed E-state index contributed by atoms with van der Waals surface area (Å²) in [5.41, 5.74) is 4.18. The van der Waals surface area contributed by atoms with Crippen LogP contribution in [0.15, 0.2) is 54.6 Å². The quantitative estimate of drug-likeness (QED) is 0.142. The number of unbranched alkanes of at least 4 members (excludes halogenated alkanes) is 13. The van der Waals surface area contributed by atoms with Crippen LogP contribution in [-0.2, 0) is 12.8 Å². The van der Waals surface area contributed by atoms with E-state index in [4.69, 9.17) is 0 Å². The molecule has 0 unspecified atom stereocenters. The smallest absolute Gasteiger partial charge is 0.251 e. The summed E-state index contributed by atoms with van der Waals surface area (Å²) in [4.78, 5) is 26.4. The number of fused-ring (bicyclic) bond motifs is 2. The summed E-state index contributed by atoms with van der Waals surface area (Å²) in [5.74, 6) is -1.59. The van der Waals surface area contributed by atoms with Crippen molar-refractivity contribution in [2.75, 3.05) is 11.9 Å². The molecule has 0 radical (unpaired) electrons. The van der Waals surface area contributed by atoms with Crippen molar-refractivity contribution in [1.29, 1.82) is 0 Å². The number of anilines is 2. The van der Waals surface area contributed by atoms with Crippen molar-refractivity contribution in [2.45, 2.75) is 110 Å². The molecule has 0 fully saturated rings. The summed E-state index contributed by atoms with van der Waals surface area (Å²) >= 11 is 0. The summed E-state index contributed by atoms with van der Waals surface area (Å²) in [6.07, 6.45) is 19.5. The van der Waals surface area contributed by atoms with Gasteiger partial charge in [-0.25, -0.2) is 8.78 Å². The van der Waals surface area contributed by atoms with Crippen molar-refractivity contribution in [3.05, 3.63) is 94.0 Å². The van der Waals surface area contributed by atoms with E-state index < -0.39 is 11.6 Å². The van der Waals surface area contributed by atoms with Gasteiger partial charge in [-0.2, -0.15) is 0 Å². The molecule has 4 rings (SSSR count). The zero-order valence-corrected chi connectivity index (χ0v) is 26.3. The van der Waals surface area contributed by atoms with Gasteiger partial charge in [-0.3, -0.25) is 9.59 Å². The third-order valence-electron chi connectivity index (χ3n) is 8.66. The molecular weight excluding hydrogens is 554 g/mol. The average Bonchev–Trinajstić information content (AvgIpc) is 3.16. The highest BCUT2D eigenvalue weighted by Gasteiger charge is 2.23. The maximum absolute atomic E-state index is 14.1. The first kappa shape index (κ1) is 33.4. The Labute approximate surface area is 262 Å². The van der Waals surface area contributed by atoms with Gasteiger partial charge in [-0.15, -0.1) is 0 Å². The van der Waals surface area contributed by atoms with Crippen LogP contribution in [-0.4, -0.2) is 18.2 Å². The second kappa shape index (κ2) is 17.7. The molecule has 236 valence electrons. The average molecular weight is 603 g/mol. The predicted molar refractivity (Wildman–Crippen MR) is 176 cm³/mol. The Kier molecular flexibility index (Phi) is 13.4. The van der Waals surface area contributed by atoms with E-state index in [0.29, 0.717) is 41.8 Å². The third-order valence-corrected chi connectivity index (χ3v) is 8.66. The van der Waals surface area contributed by atoms with Gasteiger partial charge in [0.2, 0.25) is 0 Å². The number of amides is 1. The molecule has 0 bridgehead atoms. The Morgan fingerprint density at radius 1 is 0.682 bits per heavy atom. The molecule has 0 saturated heterocycles. The number of ketones is 1. The van der Waals surface area contributed by atoms with Crippen LogP contribution in [0.2, 0.25) is 0 Å². The zero-order valence-electron chi connectivity index (χ0n) is 26.3. The van der Waals surface area contributed by atoms with Crippen LogP contribution in [0.5, 0.6) is 0 Å². The van der Waals surface area contributed by atoms with Crippen LogP contribution in [0.3, 0.4) is 0 Å². The first-order valence-electron chi connectivity index (χ1n) is 16.8. The Bertz CT molecular complexity index is 1390. The van der Waals surface area contributed by atoms with E-state index in [1.807, 2.05) is 12.1 Å². The number of hydrogen-bond donors (Lipinski definition) is 2. The molecule has 0 aromatic heterocycles. The fourth-order valence-corrected chi connectivity index (χ4v) is 6.03. The number of hydrogen-bond acceptors (Lipinski definition) is 3. The van der Waals surface area contributed by atoms with Crippen molar-refractivity contribution < 1.29 is 18.4 Å². The molecule has 1 aliphatic carbocycles. The minimum absolute atomic E-state index is 0.117. The van der Waals surface area contributed by atoms with Gasteiger partial charge in [-0.05, 0) is 72.9 Å². The molecule has 3 aromatic carbocycles. The lowest BCUT2D eigenvalue weighted by atomic mass is 9.96. The normalized spacial score (nSPS) is 12.4. The van der Waals surface area contributed by atoms with Gasteiger partial charge in [0.15, 0.2) is 5.78 Å². The van der Waals surface area contributed by atoms with Gasteiger partial charge in [0.25, 0.3) is 5.91 Å². The number of nitrogens with one attached hydrogen (secondary N) is 2. The minimum Gasteiger partial charge on any atom is -0.353 e. The fourth-order valence-electron chi connectivity index (χ4n) is 6.03. The van der Waals surface area contributed by atoms with E-state index >= 15 is 0 Å². The molecule has 1 amide bonds. The topological polar surface area (TPSA) is 58.2 Å². The third kappa shape index (κ3) is 10.0. The van der Waals surface area contributed by atoms with Gasteiger partial charge >= 0.3 is 0 Å². The number of aryl methyl sites for hydroxylation is 2. The summed E-state index contributed by atoms with van der Waals surface area (Å²) in [6, 6.07) is 14.1. The largest absolute Gasteiger partial charge is 0.353 e. The molecule has 0 spiro atoms. The summed E-state index contributed by atoms with van der Waals surface area (Å²) in [6.45, 7) is 2.90. The Balaban J connectivity index is 1.18. The van der Waals surface area contributed by atoms with Gasteiger partial charge in [0.1, 0.15) is 11.6 Å². The highest BCUT2D eigenvalue weighted by molar-refractivity contribution is 6.12. The number of benzene rings is 3. The van der Waals surface area contributed by atoms with Crippen LogP contribution >= 0.6 is 0 Å². The Morgan fingerprint density at radius 3 is 1.98 bits per heavy atom. The van der Waals surface area contributed by atoms with Gasteiger partial charge in [-0.1, -0.05) is 96.5 Å². The molecule has 2 N–H and O–H groups in total. The highest BCUT2D eigenvalue weighted by atomic mass is 19.1. The van der Waals surface area contributed by atoms with Crippen molar-refractivity contribution in [3.63, 3.8) is 0 Å². The number of carbonyl (C=O) groups is 2. The summed E-state index contributed by atoms with van der Waals surface area (Å²) in [7, 11) is 0. The Hall–Kier alpha value is -3.54. The zero-order chi connectivity index (χ0) is 31.1. The monoisotopic (exact) mass is 602 g/mol. The minimum atomic E-state index is -0.682. The molecule has 4 nitrogen and oxygen atoms in total. The van der Waals surface area contributed by atoms with Crippen LogP contribution in [0, 0.1) is 11.6 Å². The van der Waals surface area contributed by atoms with E-state index in [1.165, 1.54) is 89.2 Å². The van der Waals surface area contributed by atoms with Crippen molar-refractivity contribution in [2.24, 2.45) is 0 Å². The number of rotatable bonds is 18. The number of carbonyl (C=O) groups excluding carboxylic acids is 2. The Morgan fingerprint density at radius 2 is 1.32 bits per heavy atom. The molecule has 0 heterocycles. The molecule has 44 heavy (non-hydrogen) atoms. The molecule has 0 saturated carbocycles. The van der Waals surface area contributed by atoms with E-state index in [2.05, 4.69) is 17.6 Å². The van der Waals surface area contributed by atoms with Crippen LogP contribution < -0.4 is 10.6 Å². The SMILES string of the molecule is CCCCCCCCCCCCCCCCNC(=O)c1ccc2c(c1)C(=O)c1ccc(Nc3ccc(F)cc3F)cc1CC2. The second-order valence-corrected chi connectivity index (χ2v) is 12.2. The standard InChI is InChI=1S/C38H48F2N2O2/c1-2-3-4-5-6-7-8-9-10-11-12-13-14-15-24-41-38(44)30-19-17-28-16-18-29-25-32(21-22-33(29)37(43)34(28)26-30)42-36-23-20-31(39)27-35(36)40/h17,19-23,25-27,42H,2-16,18,24H2,1H3,(H,41,44).